The number of benzene rings is 2. The smallest absolute Gasteiger partial charge is 0.321 e. The van der Waals surface area contributed by atoms with Crippen LogP contribution in [0.15, 0.2) is 42.5 Å². The Hall–Kier alpha value is -2.73. The quantitative estimate of drug-likeness (QED) is 0.850. The molecule has 0 saturated heterocycles. The van der Waals surface area contributed by atoms with Crippen molar-refractivity contribution in [3.05, 3.63) is 53.6 Å². The van der Waals surface area contributed by atoms with Crippen molar-refractivity contribution in [1.82, 2.24) is 4.90 Å². The average Bonchev–Trinajstić information content (AvgIpc) is 3.08. The summed E-state index contributed by atoms with van der Waals surface area (Å²) in [6.07, 6.45) is 0.168. The first-order chi connectivity index (χ1) is 12.5. The van der Waals surface area contributed by atoms with Crippen LogP contribution < -0.4 is 14.8 Å². The van der Waals surface area contributed by atoms with Crippen LogP contribution in [0.3, 0.4) is 0 Å². The Morgan fingerprint density at radius 2 is 1.96 bits per heavy atom. The fourth-order valence-corrected chi connectivity index (χ4v) is 2.61. The van der Waals surface area contributed by atoms with Gasteiger partial charge in [-0.15, -0.1) is 0 Å². The number of nitrogens with one attached hydrogen (secondary N) is 1. The fraction of sp³-hybridized carbons (Fsp3) is 0.350. The molecule has 2 amide bonds. The molecule has 0 aromatic heterocycles. The molecule has 1 aliphatic rings. The predicted octanol–water partition coefficient (Wildman–Crippen LogP) is 4.00. The van der Waals surface area contributed by atoms with E-state index in [-0.39, 0.29) is 18.9 Å². The maximum Gasteiger partial charge on any atom is 0.321 e. The molecule has 6 heteroatoms. The van der Waals surface area contributed by atoms with E-state index in [1.807, 2.05) is 56.3 Å². The van der Waals surface area contributed by atoms with Crippen LogP contribution in [-0.4, -0.2) is 30.9 Å². The number of fused-ring (bicyclic) bond motifs is 1. The van der Waals surface area contributed by atoms with E-state index in [1.165, 1.54) is 0 Å². The van der Waals surface area contributed by atoms with Crippen molar-refractivity contribution in [2.45, 2.75) is 33.1 Å². The Balaban J connectivity index is 1.58. The van der Waals surface area contributed by atoms with Crippen LogP contribution in [0, 0.1) is 0 Å². The number of anilines is 1. The van der Waals surface area contributed by atoms with Gasteiger partial charge in [0.25, 0.3) is 0 Å². The van der Waals surface area contributed by atoms with Crippen LogP contribution in [0.4, 0.5) is 10.5 Å². The van der Waals surface area contributed by atoms with Gasteiger partial charge in [0.1, 0.15) is 0 Å². The van der Waals surface area contributed by atoms with E-state index in [2.05, 4.69) is 5.32 Å². The molecule has 26 heavy (non-hydrogen) atoms. The molecular weight excluding hydrogens is 332 g/mol. The lowest BCUT2D eigenvalue weighted by Gasteiger charge is -2.18. The number of rotatable bonds is 6. The van der Waals surface area contributed by atoms with E-state index >= 15 is 0 Å². The number of urea groups is 1. The number of carbonyl (C=O) groups excluding carboxylic acids is 1. The van der Waals surface area contributed by atoms with Gasteiger partial charge in [-0.1, -0.05) is 18.2 Å². The molecule has 138 valence electrons. The third-order valence-corrected chi connectivity index (χ3v) is 3.97. The minimum Gasteiger partial charge on any atom is -0.454 e. The second-order valence-corrected chi connectivity index (χ2v) is 6.53. The van der Waals surface area contributed by atoms with E-state index < -0.39 is 0 Å². The number of ether oxygens (including phenoxy) is 3. The number of amides is 2. The summed E-state index contributed by atoms with van der Waals surface area (Å²) < 4.78 is 16.3. The number of carbonyl (C=O) groups is 1. The van der Waals surface area contributed by atoms with Crippen LogP contribution in [0.25, 0.3) is 0 Å². The van der Waals surface area contributed by atoms with Gasteiger partial charge in [-0.05, 0) is 49.2 Å². The molecule has 2 aromatic rings. The van der Waals surface area contributed by atoms with Crippen LogP contribution in [0.1, 0.15) is 25.0 Å². The molecule has 0 atom stereocenters. The largest absolute Gasteiger partial charge is 0.454 e. The summed E-state index contributed by atoms with van der Waals surface area (Å²) in [5.41, 5.74) is 2.75. The number of nitrogens with zero attached hydrogens (tertiary/aromatic N) is 1. The topological polar surface area (TPSA) is 60.0 Å². The van der Waals surface area contributed by atoms with Crippen molar-refractivity contribution < 1.29 is 19.0 Å². The van der Waals surface area contributed by atoms with E-state index in [0.717, 1.165) is 22.6 Å². The third kappa shape index (κ3) is 4.67. The van der Waals surface area contributed by atoms with Crippen molar-refractivity contribution in [3.8, 4) is 11.5 Å². The third-order valence-electron chi connectivity index (χ3n) is 3.97. The molecule has 0 saturated carbocycles. The van der Waals surface area contributed by atoms with Gasteiger partial charge in [-0.2, -0.15) is 0 Å². The predicted molar refractivity (Wildman–Crippen MR) is 99.4 cm³/mol. The second kappa shape index (κ2) is 8.10. The molecule has 0 spiro atoms. The normalized spacial score (nSPS) is 12.3. The van der Waals surface area contributed by atoms with Gasteiger partial charge in [0.15, 0.2) is 11.5 Å². The Morgan fingerprint density at radius 1 is 1.15 bits per heavy atom. The van der Waals surface area contributed by atoms with Crippen molar-refractivity contribution in [2.75, 3.05) is 19.2 Å². The van der Waals surface area contributed by atoms with Gasteiger partial charge in [0, 0.05) is 19.3 Å². The monoisotopic (exact) mass is 356 g/mol. The molecule has 3 rings (SSSR count). The van der Waals surface area contributed by atoms with Crippen LogP contribution in [-0.2, 0) is 17.9 Å². The molecule has 1 aliphatic heterocycles. The van der Waals surface area contributed by atoms with Gasteiger partial charge in [-0.25, -0.2) is 4.79 Å². The zero-order valence-electron chi connectivity index (χ0n) is 15.3. The Labute approximate surface area is 153 Å². The summed E-state index contributed by atoms with van der Waals surface area (Å²) in [5.74, 6) is 1.45. The van der Waals surface area contributed by atoms with Gasteiger partial charge in [0.05, 0.1) is 12.7 Å². The summed E-state index contributed by atoms with van der Waals surface area (Å²) in [7, 11) is 1.76. The summed E-state index contributed by atoms with van der Waals surface area (Å²) in [4.78, 5) is 14.1. The highest BCUT2D eigenvalue weighted by molar-refractivity contribution is 5.89. The first kappa shape index (κ1) is 18.1. The van der Waals surface area contributed by atoms with Crippen LogP contribution >= 0.6 is 0 Å². The van der Waals surface area contributed by atoms with Crippen molar-refractivity contribution >= 4 is 11.7 Å². The Morgan fingerprint density at radius 3 is 2.77 bits per heavy atom. The average molecular weight is 356 g/mol. The fourth-order valence-electron chi connectivity index (χ4n) is 2.61. The highest BCUT2D eigenvalue weighted by Crippen LogP contribution is 2.32. The van der Waals surface area contributed by atoms with Crippen LogP contribution in [0.2, 0.25) is 0 Å². The Kier molecular flexibility index (Phi) is 5.63. The highest BCUT2D eigenvalue weighted by Gasteiger charge is 2.15. The summed E-state index contributed by atoms with van der Waals surface area (Å²) in [5, 5.41) is 2.92. The van der Waals surface area contributed by atoms with Crippen LogP contribution in [0.5, 0.6) is 11.5 Å². The van der Waals surface area contributed by atoms with Gasteiger partial charge < -0.3 is 24.4 Å². The van der Waals surface area contributed by atoms with Gasteiger partial charge in [-0.3, -0.25) is 0 Å². The van der Waals surface area contributed by atoms with Gasteiger partial charge >= 0.3 is 6.03 Å². The summed E-state index contributed by atoms with van der Waals surface area (Å²) >= 11 is 0. The minimum atomic E-state index is -0.176. The molecule has 6 nitrogen and oxygen atoms in total. The molecular formula is C20H24N2O4. The molecule has 0 bridgehead atoms. The summed E-state index contributed by atoms with van der Waals surface area (Å²) in [6.45, 7) is 5.23. The molecule has 0 radical (unpaired) electrons. The standard InChI is InChI=1S/C20H24N2O4/c1-14(2)24-12-16-5-4-6-17(9-16)21-20(23)22(3)11-15-7-8-18-19(10-15)26-13-25-18/h4-10,14H,11-13H2,1-3H3,(H,21,23). The zero-order chi connectivity index (χ0) is 18.5. The lowest BCUT2D eigenvalue weighted by atomic mass is 10.2. The second-order valence-electron chi connectivity index (χ2n) is 6.53. The van der Waals surface area contributed by atoms with Crippen molar-refractivity contribution in [1.29, 1.82) is 0 Å². The van der Waals surface area contributed by atoms with Crippen molar-refractivity contribution in [2.24, 2.45) is 0 Å². The number of hydrogen-bond donors (Lipinski definition) is 1. The molecule has 1 heterocycles. The minimum absolute atomic E-state index is 0.168. The molecule has 0 aliphatic carbocycles. The lowest BCUT2D eigenvalue weighted by Crippen LogP contribution is -2.30. The number of hydrogen-bond acceptors (Lipinski definition) is 4. The van der Waals surface area contributed by atoms with E-state index in [9.17, 15) is 4.79 Å². The van der Waals surface area contributed by atoms with E-state index in [4.69, 9.17) is 14.2 Å². The molecule has 1 N–H and O–H groups in total. The summed E-state index contributed by atoms with van der Waals surface area (Å²) in [6, 6.07) is 13.2. The highest BCUT2D eigenvalue weighted by atomic mass is 16.7. The van der Waals surface area contributed by atoms with Crippen molar-refractivity contribution in [3.63, 3.8) is 0 Å². The first-order valence-corrected chi connectivity index (χ1v) is 8.62. The van der Waals surface area contributed by atoms with Gasteiger partial charge in [0.2, 0.25) is 6.79 Å². The lowest BCUT2D eigenvalue weighted by molar-refractivity contribution is 0.0657. The Bertz CT molecular complexity index is 776. The SMILES string of the molecule is CC(C)OCc1cccc(NC(=O)N(C)Cc2ccc3c(c2)OCO3)c1. The molecule has 0 fully saturated rings. The van der Waals surface area contributed by atoms with E-state index in [1.54, 1.807) is 11.9 Å². The molecule has 0 unspecified atom stereocenters. The first-order valence-electron chi connectivity index (χ1n) is 8.62. The molecule has 2 aromatic carbocycles. The van der Waals surface area contributed by atoms with E-state index in [0.29, 0.717) is 18.9 Å². The maximum absolute atomic E-state index is 12.5. The zero-order valence-corrected chi connectivity index (χ0v) is 15.3. The maximum atomic E-state index is 12.5.